The van der Waals surface area contributed by atoms with Gasteiger partial charge in [-0.15, -0.1) is 0 Å². The largest absolute Gasteiger partial charge is 0.490 e. The van der Waals surface area contributed by atoms with Gasteiger partial charge in [-0.1, -0.05) is 12.6 Å². The first-order valence-electron chi connectivity index (χ1n) is 8.41. The highest BCUT2D eigenvalue weighted by atomic mass is 16.5. The van der Waals surface area contributed by atoms with Gasteiger partial charge in [-0.2, -0.15) is 0 Å². The Morgan fingerprint density at radius 1 is 1.22 bits per heavy atom. The Morgan fingerprint density at radius 3 is 2.74 bits per heavy atom. The van der Waals surface area contributed by atoms with Crippen LogP contribution in [0.25, 0.3) is 0 Å². The third-order valence-electron chi connectivity index (χ3n) is 4.68. The fourth-order valence-electron chi connectivity index (χ4n) is 3.30. The highest BCUT2D eigenvalue weighted by molar-refractivity contribution is 5.61. The minimum absolute atomic E-state index is 0.241. The number of aliphatic hydroxyl groups is 1. The molecule has 0 bridgehead atoms. The monoisotopic (exact) mass is 317 g/mol. The molecule has 1 aromatic rings. The zero-order valence-corrected chi connectivity index (χ0v) is 14.0. The molecule has 0 amide bonds. The van der Waals surface area contributed by atoms with Crippen LogP contribution < -0.4 is 9.64 Å². The maximum Gasteiger partial charge on any atom is 0.142 e. The third-order valence-corrected chi connectivity index (χ3v) is 4.68. The molecular weight excluding hydrogens is 290 g/mol. The summed E-state index contributed by atoms with van der Waals surface area (Å²) in [5.41, 5.74) is 3.60. The number of β-amino-alcohol motifs (C(OH)–C–C–N with tert-alkyl or cyclic N) is 1. The van der Waals surface area contributed by atoms with Gasteiger partial charge in [-0.05, 0) is 24.6 Å². The van der Waals surface area contributed by atoms with E-state index in [1.165, 1.54) is 16.9 Å². The first-order valence-corrected chi connectivity index (χ1v) is 8.41. The number of benzene rings is 1. The van der Waals surface area contributed by atoms with E-state index < -0.39 is 0 Å². The van der Waals surface area contributed by atoms with E-state index in [4.69, 9.17) is 9.84 Å². The van der Waals surface area contributed by atoms with Crippen molar-refractivity contribution >= 4 is 5.69 Å². The topological polar surface area (TPSA) is 39.2 Å². The lowest BCUT2D eigenvalue weighted by molar-refractivity contribution is 0.131. The van der Waals surface area contributed by atoms with Gasteiger partial charge in [0, 0.05) is 38.4 Å². The van der Waals surface area contributed by atoms with Gasteiger partial charge in [0.05, 0.1) is 25.4 Å². The standard InChI is InChI=1S/C18H27N3O2/c1-15-3-4-18-17(13-15)21(10-12-23-18)14-16(2)20-7-5-19(6-8-20)9-11-22/h3-4,13,22H,2,5-12,14H2,1H3. The van der Waals surface area contributed by atoms with Crippen LogP contribution in [-0.4, -0.2) is 73.9 Å². The van der Waals surface area contributed by atoms with Crippen molar-refractivity contribution in [2.75, 3.05) is 63.9 Å². The smallest absolute Gasteiger partial charge is 0.142 e. The Morgan fingerprint density at radius 2 is 2.00 bits per heavy atom. The number of hydrogen-bond acceptors (Lipinski definition) is 5. The summed E-state index contributed by atoms with van der Waals surface area (Å²) in [6, 6.07) is 6.35. The SMILES string of the molecule is C=C(CN1CCOc2ccc(C)cc21)N1CCN(CCO)CC1. The molecular formula is C18H27N3O2. The summed E-state index contributed by atoms with van der Waals surface area (Å²) in [4.78, 5) is 7.05. The van der Waals surface area contributed by atoms with Crippen molar-refractivity contribution in [3.8, 4) is 5.75 Å². The van der Waals surface area contributed by atoms with Crippen molar-refractivity contribution in [2.45, 2.75) is 6.92 Å². The maximum absolute atomic E-state index is 9.03. The molecule has 5 heteroatoms. The van der Waals surface area contributed by atoms with E-state index >= 15 is 0 Å². The van der Waals surface area contributed by atoms with Gasteiger partial charge in [0.1, 0.15) is 12.4 Å². The highest BCUT2D eigenvalue weighted by Gasteiger charge is 2.22. The Hall–Kier alpha value is -1.72. The molecule has 2 heterocycles. The number of rotatable bonds is 5. The van der Waals surface area contributed by atoms with E-state index in [1.54, 1.807) is 0 Å². The molecule has 5 nitrogen and oxygen atoms in total. The molecule has 1 saturated heterocycles. The van der Waals surface area contributed by atoms with Crippen LogP contribution in [0.15, 0.2) is 30.5 Å². The van der Waals surface area contributed by atoms with Gasteiger partial charge < -0.3 is 19.6 Å². The maximum atomic E-state index is 9.03. The molecule has 0 aromatic heterocycles. The van der Waals surface area contributed by atoms with Crippen molar-refractivity contribution in [2.24, 2.45) is 0 Å². The predicted molar refractivity (Wildman–Crippen MR) is 93.1 cm³/mol. The van der Waals surface area contributed by atoms with Gasteiger partial charge in [0.2, 0.25) is 0 Å². The second kappa shape index (κ2) is 7.23. The molecule has 0 aliphatic carbocycles. The highest BCUT2D eigenvalue weighted by Crippen LogP contribution is 2.32. The number of anilines is 1. The summed E-state index contributed by atoms with van der Waals surface area (Å²) < 4.78 is 5.76. The predicted octanol–water partition coefficient (Wildman–Crippen LogP) is 1.32. The van der Waals surface area contributed by atoms with Crippen LogP contribution in [-0.2, 0) is 0 Å². The Labute approximate surface area is 138 Å². The van der Waals surface area contributed by atoms with Crippen molar-refractivity contribution in [3.63, 3.8) is 0 Å². The molecule has 126 valence electrons. The van der Waals surface area contributed by atoms with E-state index in [2.05, 4.69) is 46.4 Å². The van der Waals surface area contributed by atoms with Crippen molar-refractivity contribution in [3.05, 3.63) is 36.0 Å². The number of ether oxygens (including phenoxy) is 1. The quantitative estimate of drug-likeness (QED) is 0.887. The van der Waals surface area contributed by atoms with E-state index in [9.17, 15) is 0 Å². The molecule has 0 spiro atoms. The lowest BCUT2D eigenvalue weighted by Gasteiger charge is -2.39. The Balaban J connectivity index is 1.60. The number of hydrogen-bond donors (Lipinski definition) is 1. The van der Waals surface area contributed by atoms with Crippen LogP contribution in [0.3, 0.4) is 0 Å². The van der Waals surface area contributed by atoms with Gasteiger partial charge in [-0.3, -0.25) is 4.90 Å². The number of nitrogens with zero attached hydrogens (tertiary/aromatic N) is 3. The van der Waals surface area contributed by atoms with Gasteiger partial charge in [-0.25, -0.2) is 0 Å². The van der Waals surface area contributed by atoms with Crippen LogP contribution in [0.4, 0.5) is 5.69 Å². The van der Waals surface area contributed by atoms with Crippen LogP contribution in [0.2, 0.25) is 0 Å². The Bertz CT molecular complexity index is 553. The van der Waals surface area contributed by atoms with Crippen LogP contribution in [0.5, 0.6) is 5.75 Å². The average Bonchev–Trinajstić information content (AvgIpc) is 2.56. The second-order valence-corrected chi connectivity index (χ2v) is 6.36. The minimum Gasteiger partial charge on any atom is -0.490 e. The molecule has 2 aliphatic rings. The molecule has 1 aromatic carbocycles. The zero-order chi connectivity index (χ0) is 16.2. The first-order chi connectivity index (χ1) is 11.2. The molecule has 0 radical (unpaired) electrons. The molecule has 3 rings (SSSR count). The summed E-state index contributed by atoms with van der Waals surface area (Å²) in [5.74, 6) is 0.974. The van der Waals surface area contributed by atoms with Crippen LogP contribution >= 0.6 is 0 Å². The molecule has 0 atom stereocenters. The summed E-state index contributed by atoms with van der Waals surface area (Å²) in [6.45, 7) is 13.9. The molecule has 1 fully saturated rings. The lowest BCUT2D eigenvalue weighted by atomic mass is 10.1. The summed E-state index contributed by atoms with van der Waals surface area (Å²) in [7, 11) is 0. The Kier molecular flexibility index (Phi) is 5.08. The van der Waals surface area contributed by atoms with Crippen LogP contribution in [0.1, 0.15) is 5.56 Å². The average molecular weight is 317 g/mol. The lowest BCUT2D eigenvalue weighted by Crippen LogP contribution is -2.48. The second-order valence-electron chi connectivity index (χ2n) is 6.36. The van der Waals surface area contributed by atoms with Crippen molar-refractivity contribution in [1.29, 1.82) is 0 Å². The molecule has 23 heavy (non-hydrogen) atoms. The number of aliphatic hydroxyl groups excluding tert-OH is 1. The van der Waals surface area contributed by atoms with Crippen molar-refractivity contribution < 1.29 is 9.84 Å². The first kappa shape index (κ1) is 16.1. The minimum atomic E-state index is 0.241. The van der Waals surface area contributed by atoms with E-state index in [-0.39, 0.29) is 6.61 Å². The number of aryl methyl sites for hydroxylation is 1. The number of piperazine rings is 1. The molecule has 0 unspecified atom stereocenters. The van der Waals surface area contributed by atoms with Gasteiger partial charge >= 0.3 is 0 Å². The van der Waals surface area contributed by atoms with Crippen molar-refractivity contribution in [1.82, 2.24) is 9.80 Å². The molecule has 0 saturated carbocycles. The fraction of sp³-hybridized carbons (Fsp3) is 0.556. The number of fused-ring (bicyclic) bond motifs is 1. The van der Waals surface area contributed by atoms with Gasteiger partial charge in [0.15, 0.2) is 0 Å². The fourth-order valence-corrected chi connectivity index (χ4v) is 3.30. The van der Waals surface area contributed by atoms with Gasteiger partial charge in [0.25, 0.3) is 0 Å². The third kappa shape index (κ3) is 3.79. The molecule has 1 N–H and O–H groups in total. The normalized spacial score (nSPS) is 18.5. The summed E-state index contributed by atoms with van der Waals surface area (Å²) >= 11 is 0. The van der Waals surface area contributed by atoms with E-state index in [1.807, 2.05) is 0 Å². The van der Waals surface area contributed by atoms with E-state index in [0.717, 1.165) is 58.2 Å². The van der Waals surface area contributed by atoms with Crippen LogP contribution in [0, 0.1) is 6.92 Å². The summed E-state index contributed by atoms with van der Waals surface area (Å²) in [6.07, 6.45) is 0. The summed E-state index contributed by atoms with van der Waals surface area (Å²) in [5, 5.41) is 9.03. The molecule has 2 aliphatic heterocycles. The van der Waals surface area contributed by atoms with E-state index in [0.29, 0.717) is 0 Å². The zero-order valence-electron chi connectivity index (χ0n) is 14.0.